The summed E-state index contributed by atoms with van der Waals surface area (Å²) in [5, 5.41) is 0.990. The Balaban J connectivity index is 1.92. The maximum absolute atomic E-state index is 11.7. The Kier molecular flexibility index (Phi) is 3.79. The number of hydrogen-bond acceptors (Lipinski definition) is 2. The second kappa shape index (κ2) is 5.15. The van der Waals surface area contributed by atoms with E-state index in [0.717, 1.165) is 12.8 Å². The number of amides is 1. The van der Waals surface area contributed by atoms with Gasteiger partial charge in [-0.2, -0.15) is 0 Å². The van der Waals surface area contributed by atoms with Crippen LogP contribution in [0.3, 0.4) is 0 Å². The summed E-state index contributed by atoms with van der Waals surface area (Å²) in [7, 11) is 1.79. The molecule has 0 unspecified atom stereocenters. The number of ether oxygens (including phenoxy) is 1. The van der Waals surface area contributed by atoms with Gasteiger partial charge in [-0.15, -0.1) is 0 Å². The van der Waals surface area contributed by atoms with Crippen molar-refractivity contribution in [2.24, 2.45) is 0 Å². The highest BCUT2D eigenvalue weighted by Crippen LogP contribution is 2.28. The molecule has 0 radical (unpaired) electrons. The lowest BCUT2D eigenvalue weighted by atomic mass is 10.3. The van der Waals surface area contributed by atoms with Gasteiger partial charge in [0, 0.05) is 24.2 Å². The predicted molar refractivity (Wildman–Crippen MR) is 67.7 cm³/mol. The Morgan fingerprint density at radius 3 is 2.82 bits per heavy atom. The van der Waals surface area contributed by atoms with Gasteiger partial charge in [0.2, 0.25) is 0 Å². The summed E-state index contributed by atoms with van der Waals surface area (Å²) in [5.74, 6) is 0.403. The molecule has 0 saturated heterocycles. The topological polar surface area (TPSA) is 29.5 Å². The van der Waals surface area contributed by atoms with Crippen molar-refractivity contribution in [3.8, 4) is 5.75 Å². The lowest BCUT2D eigenvalue weighted by Crippen LogP contribution is -2.33. The molecule has 0 atom stereocenters. The number of nitrogens with zero attached hydrogens (tertiary/aromatic N) is 1. The molecule has 2 rings (SSSR count). The van der Waals surface area contributed by atoms with E-state index in [-0.39, 0.29) is 12.5 Å². The summed E-state index contributed by atoms with van der Waals surface area (Å²) < 4.78 is 5.37. The SMILES string of the molecule is CN(C(=O)COc1cc(Cl)ccc1Cl)C1CC1. The van der Waals surface area contributed by atoms with Crippen molar-refractivity contribution >= 4 is 29.1 Å². The van der Waals surface area contributed by atoms with Gasteiger partial charge in [0.25, 0.3) is 5.91 Å². The van der Waals surface area contributed by atoms with Crippen LogP contribution in [0.2, 0.25) is 10.0 Å². The monoisotopic (exact) mass is 273 g/mol. The van der Waals surface area contributed by atoms with E-state index < -0.39 is 0 Å². The van der Waals surface area contributed by atoms with Gasteiger partial charge in [0.05, 0.1) is 5.02 Å². The van der Waals surface area contributed by atoms with Crippen molar-refractivity contribution in [1.29, 1.82) is 0 Å². The fourth-order valence-electron chi connectivity index (χ4n) is 1.49. The minimum atomic E-state index is -0.0384. The largest absolute Gasteiger partial charge is 0.482 e. The van der Waals surface area contributed by atoms with Crippen molar-refractivity contribution in [2.45, 2.75) is 18.9 Å². The van der Waals surface area contributed by atoms with Gasteiger partial charge in [-0.1, -0.05) is 23.2 Å². The lowest BCUT2D eigenvalue weighted by Gasteiger charge is -2.16. The Labute approximate surface area is 110 Å². The van der Waals surface area contributed by atoms with E-state index >= 15 is 0 Å². The lowest BCUT2D eigenvalue weighted by molar-refractivity contribution is -0.132. The maximum atomic E-state index is 11.7. The molecule has 1 amide bonds. The maximum Gasteiger partial charge on any atom is 0.260 e. The minimum absolute atomic E-state index is 0.00688. The van der Waals surface area contributed by atoms with Crippen LogP contribution in [-0.2, 0) is 4.79 Å². The van der Waals surface area contributed by atoms with Gasteiger partial charge in [-0.05, 0) is 25.0 Å². The molecular weight excluding hydrogens is 261 g/mol. The third-order valence-electron chi connectivity index (χ3n) is 2.73. The molecule has 1 fully saturated rings. The molecule has 0 N–H and O–H groups in total. The second-order valence-electron chi connectivity index (χ2n) is 4.10. The molecule has 17 heavy (non-hydrogen) atoms. The molecule has 92 valence electrons. The van der Waals surface area contributed by atoms with E-state index in [2.05, 4.69) is 0 Å². The molecule has 1 aliphatic carbocycles. The van der Waals surface area contributed by atoms with Gasteiger partial charge in [0.1, 0.15) is 5.75 Å². The van der Waals surface area contributed by atoms with Gasteiger partial charge >= 0.3 is 0 Å². The van der Waals surface area contributed by atoms with Crippen LogP contribution in [0, 0.1) is 0 Å². The Bertz CT molecular complexity index is 433. The highest BCUT2D eigenvalue weighted by Gasteiger charge is 2.29. The number of hydrogen-bond donors (Lipinski definition) is 0. The van der Waals surface area contributed by atoms with Crippen molar-refractivity contribution < 1.29 is 9.53 Å². The minimum Gasteiger partial charge on any atom is -0.482 e. The molecule has 0 heterocycles. The van der Waals surface area contributed by atoms with E-state index in [1.807, 2.05) is 0 Å². The van der Waals surface area contributed by atoms with Crippen LogP contribution in [0.5, 0.6) is 5.75 Å². The normalized spacial score (nSPS) is 14.5. The Hall–Kier alpha value is -0.930. The van der Waals surface area contributed by atoms with E-state index in [9.17, 15) is 4.79 Å². The zero-order chi connectivity index (χ0) is 12.4. The Morgan fingerprint density at radius 2 is 2.18 bits per heavy atom. The van der Waals surface area contributed by atoms with E-state index in [4.69, 9.17) is 27.9 Å². The van der Waals surface area contributed by atoms with Crippen molar-refractivity contribution in [3.05, 3.63) is 28.2 Å². The zero-order valence-corrected chi connectivity index (χ0v) is 11.0. The number of carbonyl (C=O) groups excluding carboxylic acids is 1. The van der Waals surface area contributed by atoms with Crippen LogP contribution in [0.25, 0.3) is 0 Å². The van der Waals surface area contributed by atoms with Crippen LogP contribution in [0.4, 0.5) is 0 Å². The number of likely N-dealkylation sites (N-methyl/N-ethyl adjacent to an activating group) is 1. The van der Waals surface area contributed by atoms with Gasteiger partial charge < -0.3 is 9.64 Å². The van der Waals surface area contributed by atoms with Gasteiger partial charge in [0.15, 0.2) is 6.61 Å². The van der Waals surface area contributed by atoms with Crippen LogP contribution >= 0.6 is 23.2 Å². The first-order valence-corrected chi connectivity index (χ1v) is 6.17. The summed E-state index contributed by atoms with van der Waals surface area (Å²) in [6.45, 7) is -0.00688. The molecule has 0 aromatic heterocycles. The summed E-state index contributed by atoms with van der Waals surface area (Å²) in [4.78, 5) is 13.4. The third kappa shape index (κ3) is 3.27. The molecule has 5 heteroatoms. The number of benzene rings is 1. The summed E-state index contributed by atoms with van der Waals surface area (Å²) in [5.41, 5.74) is 0. The molecular formula is C12H13Cl2NO2. The first-order valence-electron chi connectivity index (χ1n) is 5.41. The first kappa shape index (κ1) is 12.5. The molecule has 1 aromatic rings. The molecule has 3 nitrogen and oxygen atoms in total. The molecule has 1 saturated carbocycles. The third-order valence-corrected chi connectivity index (χ3v) is 3.28. The fraction of sp³-hybridized carbons (Fsp3) is 0.417. The van der Waals surface area contributed by atoms with Crippen LogP contribution < -0.4 is 4.74 Å². The number of rotatable bonds is 4. The second-order valence-corrected chi connectivity index (χ2v) is 4.94. The summed E-state index contributed by atoms with van der Waals surface area (Å²) >= 11 is 11.7. The van der Waals surface area contributed by atoms with Crippen LogP contribution in [0.15, 0.2) is 18.2 Å². The fourth-order valence-corrected chi connectivity index (χ4v) is 1.83. The number of halogens is 2. The molecule has 1 aromatic carbocycles. The van der Waals surface area contributed by atoms with Crippen molar-refractivity contribution in [2.75, 3.05) is 13.7 Å². The quantitative estimate of drug-likeness (QED) is 0.844. The highest BCUT2D eigenvalue weighted by molar-refractivity contribution is 6.34. The highest BCUT2D eigenvalue weighted by atomic mass is 35.5. The van der Waals surface area contributed by atoms with Crippen LogP contribution in [-0.4, -0.2) is 30.5 Å². The summed E-state index contributed by atoms with van der Waals surface area (Å²) in [6, 6.07) is 5.32. The van der Waals surface area contributed by atoms with Crippen molar-refractivity contribution in [3.63, 3.8) is 0 Å². The Morgan fingerprint density at radius 1 is 1.47 bits per heavy atom. The van der Waals surface area contributed by atoms with Crippen molar-refractivity contribution in [1.82, 2.24) is 4.90 Å². The molecule has 0 aliphatic heterocycles. The molecule has 1 aliphatic rings. The van der Waals surface area contributed by atoms with E-state index in [0.29, 0.717) is 21.8 Å². The standard InChI is InChI=1S/C12H13Cl2NO2/c1-15(9-3-4-9)12(16)7-17-11-6-8(13)2-5-10(11)14/h2,5-6,9H,3-4,7H2,1H3. The van der Waals surface area contributed by atoms with Gasteiger partial charge in [-0.25, -0.2) is 0 Å². The smallest absolute Gasteiger partial charge is 0.260 e. The van der Waals surface area contributed by atoms with E-state index in [1.165, 1.54) is 0 Å². The molecule has 0 spiro atoms. The molecule has 0 bridgehead atoms. The summed E-state index contributed by atoms with van der Waals surface area (Å²) in [6.07, 6.45) is 2.17. The van der Waals surface area contributed by atoms with Crippen LogP contribution in [0.1, 0.15) is 12.8 Å². The average Bonchev–Trinajstić information content (AvgIpc) is 3.13. The number of carbonyl (C=O) groups is 1. The zero-order valence-electron chi connectivity index (χ0n) is 9.45. The average molecular weight is 274 g/mol. The van der Waals surface area contributed by atoms with Gasteiger partial charge in [-0.3, -0.25) is 4.79 Å². The van der Waals surface area contributed by atoms with E-state index in [1.54, 1.807) is 30.1 Å². The predicted octanol–water partition coefficient (Wildman–Crippen LogP) is 2.99. The first-order chi connectivity index (χ1) is 8.08.